The molecule has 0 radical (unpaired) electrons. The molecule has 0 aromatic heterocycles. The predicted octanol–water partition coefficient (Wildman–Crippen LogP) is 3.71. The molecule has 1 fully saturated rings. The van der Waals surface area contributed by atoms with Crippen molar-refractivity contribution in [3.05, 3.63) is 29.8 Å². The van der Waals surface area contributed by atoms with E-state index in [0.29, 0.717) is 12.3 Å². The lowest BCUT2D eigenvalue weighted by atomic mass is 10.0. The molecule has 1 aromatic rings. The quantitative estimate of drug-likeness (QED) is 0.744. The van der Waals surface area contributed by atoms with Gasteiger partial charge in [0, 0.05) is 18.7 Å². The van der Waals surface area contributed by atoms with Gasteiger partial charge in [-0.2, -0.15) is 0 Å². The zero-order chi connectivity index (χ0) is 14.2. The van der Waals surface area contributed by atoms with Crippen LogP contribution in [0.5, 0.6) is 0 Å². The van der Waals surface area contributed by atoms with Crippen LogP contribution in [0.4, 0.5) is 5.69 Å². The standard InChI is InChI=1S/C17H26N2O/c1-2-10-18-13-15-8-5-9-16(11-15)19-17(20)12-14-6-3-4-7-14/h5,8-9,11,14,18H,2-4,6-7,10,12-13H2,1H3,(H,19,20). The minimum atomic E-state index is 0.163. The maximum absolute atomic E-state index is 12.0. The van der Waals surface area contributed by atoms with E-state index in [4.69, 9.17) is 0 Å². The number of carbonyl (C=O) groups excluding carboxylic acids is 1. The third kappa shape index (κ3) is 4.97. The van der Waals surface area contributed by atoms with Gasteiger partial charge < -0.3 is 10.6 Å². The van der Waals surface area contributed by atoms with Crippen LogP contribution in [-0.4, -0.2) is 12.5 Å². The number of rotatable bonds is 7. The van der Waals surface area contributed by atoms with E-state index in [-0.39, 0.29) is 5.91 Å². The average Bonchev–Trinajstić information content (AvgIpc) is 2.92. The highest BCUT2D eigenvalue weighted by Crippen LogP contribution is 2.27. The van der Waals surface area contributed by atoms with Crippen molar-refractivity contribution in [2.24, 2.45) is 5.92 Å². The monoisotopic (exact) mass is 274 g/mol. The lowest BCUT2D eigenvalue weighted by molar-refractivity contribution is -0.117. The fraction of sp³-hybridized carbons (Fsp3) is 0.588. The molecular weight excluding hydrogens is 248 g/mol. The van der Waals surface area contributed by atoms with Crippen molar-refractivity contribution in [2.75, 3.05) is 11.9 Å². The molecule has 0 unspecified atom stereocenters. The van der Waals surface area contributed by atoms with Crippen LogP contribution in [0.3, 0.4) is 0 Å². The maximum Gasteiger partial charge on any atom is 0.224 e. The highest BCUT2D eigenvalue weighted by Gasteiger charge is 2.18. The lowest BCUT2D eigenvalue weighted by Crippen LogP contribution is -2.16. The summed E-state index contributed by atoms with van der Waals surface area (Å²) in [5, 5.41) is 6.41. The van der Waals surface area contributed by atoms with Crippen molar-refractivity contribution >= 4 is 11.6 Å². The summed E-state index contributed by atoms with van der Waals surface area (Å²) < 4.78 is 0. The Labute approximate surface area is 122 Å². The zero-order valence-corrected chi connectivity index (χ0v) is 12.5. The summed E-state index contributed by atoms with van der Waals surface area (Å²) in [6.07, 6.45) is 6.83. The van der Waals surface area contributed by atoms with Crippen LogP contribution in [0.25, 0.3) is 0 Å². The second kappa shape index (κ2) is 8.05. The first kappa shape index (κ1) is 15.0. The van der Waals surface area contributed by atoms with E-state index in [1.165, 1.54) is 31.2 Å². The third-order valence-electron chi connectivity index (χ3n) is 3.92. The van der Waals surface area contributed by atoms with Crippen molar-refractivity contribution in [1.82, 2.24) is 5.32 Å². The van der Waals surface area contributed by atoms with Crippen LogP contribution in [0.15, 0.2) is 24.3 Å². The summed E-state index contributed by atoms with van der Waals surface area (Å²) in [7, 11) is 0. The van der Waals surface area contributed by atoms with Gasteiger partial charge in [-0.3, -0.25) is 4.79 Å². The van der Waals surface area contributed by atoms with Gasteiger partial charge in [0.1, 0.15) is 0 Å². The second-order valence-electron chi connectivity index (χ2n) is 5.78. The number of nitrogens with one attached hydrogen (secondary N) is 2. The number of amides is 1. The van der Waals surface area contributed by atoms with Gasteiger partial charge in [-0.05, 0) is 49.4 Å². The lowest BCUT2D eigenvalue weighted by Gasteiger charge is -2.11. The molecular formula is C17H26N2O. The van der Waals surface area contributed by atoms with Gasteiger partial charge in [0.25, 0.3) is 0 Å². The number of hydrogen-bond donors (Lipinski definition) is 2. The van der Waals surface area contributed by atoms with Crippen molar-refractivity contribution in [3.8, 4) is 0 Å². The molecule has 1 aliphatic carbocycles. The van der Waals surface area contributed by atoms with Gasteiger partial charge in [-0.15, -0.1) is 0 Å². The fourth-order valence-electron chi connectivity index (χ4n) is 2.86. The molecule has 110 valence electrons. The van der Waals surface area contributed by atoms with Crippen molar-refractivity contribution in [3.63, 3.8) is 0 Å². The van der Waals surface area contributed by atoms with Crippen LogP contribution < -0.4 is 10.6 Å². The Morgan fingerprint density at radius 2 is 2.10 bits per heavy atom. The first-order valence-electron chi connectivity index (χ1n) is 7.87. The number of carbonyl (C=O) groups is 1. The fourth-order valence-corrected chi connectivity index (χ4v) is 2.86. The maximum atomic E-state index is 12.0. The Bertz CT molecular complexity index is 425. The highest BCUT2D eigenvalue weighted by atomic mass is 16.1. The molecule has 20 heavy (non-hydrogen) atoms. The molecule has 0 saturated heterocycles. The smallest absolute Gasteiger partial charge is 0.224 e. The van der Waals surface area contributed by atoms with Crippen molar-refractivity contribution in [1.29, 1.82) is 0 Å². The van der Waals surface area contributed by atoms with Crippen molar-refractivity contribution < 1.29 is 4.79 Å². The third-order valence-corrected chi connectivity index (χ3v) is 3.92. The minimum absolute atomic E-state index is 0.163. The van der Waals surface area contributed by atoms with E-state index in [1.807, 2.05) is 12.1 Å². The number of hydrogen-bond acceptors (Lipinski definition) is 2. The Morgan fingerprint density at radius 1 is 1.30 bits per heavy atom. The molecule has 0 aliphatic heterocycles. The van der Waals surface area contributed by atoms with Gasteiger partial charge in [0.2, 0.25) is 5.91 Å². The molecule has 0 heterocycles. The summed E-state index contributed by atoms with van der Waals surface area (Å²) in [6.45, 7) is 4.05. The number of benzene rings is 1. The van der Waals surface area contributed by atoms with Crippen LogP contribution in [0.1, 0.15) is 51.0 Å². The van der Waals surface area contributed by atoms with Crippen LogP contribution in [0.2, 0.25) is 0 Å². The molecule has 0 atom stereocenters. The molecule has 1 amide bonds. The Balaban J connectivity index is 1.81. The molecule has 2 N–H and O–H groups in total. The van der Waals surface area contributed by atoms with Gasteiger partial charge in [-0.25, -0.2) is 0 Å². The minimum Gasteiger partial charge on any atom is -0.326 e. The van der Waals surface area contributed by atoms with E-state index in [2.05, 4.69) is 29.7 Å². The molecule has 0 spiro atoms. The summed E-state index contributed by atoms with van der Waals surface area (Å²) >= 11 is 0. The average molecular weight is 274 g/mol. The van der Waals surface area contributed by atoms with E-state index >= 15 is 0 Å². The largest absolute Gasteiger partial charge is 0.326 e. The van der Waals surface area contributed by atoms with E-state index in [0.717, 1.165) is 25.2 Å². The molecule has 1 aliphatic rings. The van der Waals surface area contributed by atoms with Crippen LogP contribution in [0, 0.1) is 5.92 Å². The molecule has 1 saturated carbocycles. The number of anilines is 1. The molecule has 3 heteroatoms. The Hall–Kier alpha value is -1.35. The molecule has 1 aromatic carbocycles. The summed E-state index contributed by atoms with van der Waals surface area (Å²) in [6, 6.07) is 8.13. The van der Waals surface area contributed by atoms with Gasteiger partial charge in [0.15, 0.2) is 0 Å². The summed E-state index contributed by atoms with van der Waals surface area (Å²) in [4.78, 5) is 12.0. The SMILES string of the molecule is CCCNCc1cccc(NC(=O)CC2CCCC2)c1. The zero-order valence-electron chi connectivity index (χ0n) is 12.5. The van der Waals surface area contributed by atoms with E-state index in [1.54, 1.807) is 0 Å². The highest BCUT2D eigenvalue weighted by molar-refractivity contribution is 5.90. The Kier molecular flexibility index (Phi) is 6.06. The van der Waals surface area contributed by atoms with Gasteiger partial charge in [0.05, 0.1) is 0 Å². The summed E-state index contributed by atoms with van der Waals surface area (Å²) in [5.74, 6) is 0.764. The van der Waals surface area contributed by atoms with Crippen molar-refractivity contribution in [2.45, 2.75) is 52.0 Å². The first-order chi connectivity index (χ1) is 9.78. The molecule has 3 nitrogen and oxygen atoms in total. The van der Waals surface area contributed by atoms with Crippen LogP contribution in [-0.2, 0) is 11.3 Å². The van der Waals surface area contributed by atoms with Gasteiger partial charge in [-0.1, -0.05) is 31.9 Å². The second-order valence-corrected chi connectivity index (χ2v) is 5.78. The van der Waals surface area contributed by atoms with Crippen LogP contribution >= 0.6 is 0 Å². The first-order valence-corrected chi connectivity index (χ1v) is 7.87. The molecule has 0 bridgehead atoms. The van der Waals surface area contributed by atoms with Gasteiger partial charge >= 0.3 is 0 Å². The van der Waals surface area contributed by atoms with E-state index < -0.39 is 0 Å². The Morgan fingerprint density at radius 3 is 2.85 bits per heavy atom. The summed E-state index contributed by atoms with van der Waals surface area (Å²) in [5.41, 5.74) is 2.14. The van der Waals surface area contributed by atoms with E-state index in [9.17, 15) is 4.79 Å². The molecule has 2 rings (SSSR count). The topological polar surface area (TPSA) is 41.1 Å². The normalized spacial score (nSPS) is 15.4. The predicted molar refractivity (Wildman–Crippen MR) is 83.6 cm³/mol.